The molecule has 0 aliphatic heterocycles. The Morgan fingerprint density at radius 3 is 2.04 bits per heavy atom. The first-order chi connectivity index (χ1) is 12.4. The quantitative estimate of drug-likeness (QED) is 0.803. The van der Waals surface area contributed by atoms with Gasteiger partial charge in [-0.3, -0.25) is 4.79 Å². The van der Waals surface area contributed by atoms with Gasteiger partial charge in [-0.05, 0) is 36.4 Å². The first-order valence-corrected chi connectivity index (χ1v) is 7.49. The Hall–Kier alpha value is -3.52. The zero-order valence-electron chi connectivity index (χ0n) is 13.4. The highest BCUT2D eigenvalue weighted by molar-refractivity contribution is 5.94. The first-order valence-electron chi connectivity index (χ1n) is 7.49. The molecule has 0 unspecified atom stereocenters. The van der Waals surface area contributed by atoms with Gasteiger partial charge in [0.1, 0.15) is 12.1 Å². The summed E-state index contributed by atoms with van der Waals surface area (Å²) in [6.45, 7) is 0.393. The van der Waals surface area contributed by atoms with Gasteiger partial charge in [0.25, 0.3) is 5.91 Å². The third-order valence-electron chi connectivity index (χ3n) is 3.49. The van der Waals surface area contributed by atoms with Crippen LogP contribution in [0.2, 0.25) is 0 Å². The van der Waals surface area contributed by atoms with Crippen LogP contribution in [0.5, 0.6) is 0 Å². The Balaban J connectivity index is 1.92. The molecule has 0 radical (unpaired) electrons. The normalized spacial score (nSPS) is 10.5. The van der Waals surface area contributed by atoms with Crippen LogP contribution in [0.25, 0.3) is 0 Å². The molecule has 8 heteroatoms. The average Bonchev–Trinajstić information content (AvgIpc) is 2.64. The molecule has 0 atom stereocenters. The van der Waals surface area contributed by atoms with Gasteiger partial charge in [0.2, 0.25) is 0 Å². The van der Waals surface area contributed by atoms with Crippen molar-refractivity contribution in [2.75, 3.05) is 18.4 Å². The number of para-hydroxylation sites is 1. The van der Waals surface area contributed by atoms with Crippen molar-refractivity contribution < 1.29 is 18.0 Å². The highest BCUT2D eigenvalue weighted by Crippen LogP contribution is 2.29. The van der Waals surface area contributed by atoms with Crippen molar-refractivity contribution in [3.63, 3.8) is 0 Å². The van der Waals surface area contributed by atoms with Crippen molar-refractivity contribution >= 4 is 11.6 Å². The van der Waals surface area contributed by atoms with E-state index in [0.29, 0.717) is 16.8 Å². The SMILES string of the molecule is N#Cc1cccc(C#N)c1NCCNC(=O)c1ccc(C(F)(F)F)cc1. The first kappa shape index (κ1) is 18.8. The van der Waals surface area contributed by atoms with Gasteiger partial charge in [-0.1, -0.05) is 6.07 Å². The number of hydrogen-bond donors (Lipinski definition) is 2. The molecule has 0 aliphatic rings. The summed E-state index contributed by atoms with van der Waals surface area (Å²) in [6, 6.07) is 12.5. The van der Waals surface area contributed by atoms with Crippen molar-refractivity contribution in [1.29, 1.82) is 10.5 Å². The molecule has 0 heterocycles. The molecule has 0 aromatic heterocycles. The van der Waals surface area contributed by atoms with Gasteiger partial charge in [-0.2, -0.15) is 23.7 Å². The molecule has 1 amide bonds. The second-order valence-electron chi connectivity index (χ2n) is 5.21. The maximum atomic E-state index is 12.5. The van der Waals surface area contributed by atoms with Crippen LogP contribution in [0.1, 0.15) is 27.0 Å². The maximum absolute atomic E-state index is 12.5. The number of hydrogen-bond acceptors (Lipinski definition) is 4. The summed E-state index contributed by atoms with van der Waals surface area (Å²) in [6.07, 6.45) is -4.45. The van der Waals surface area contributed by atoms with Crippen LogP contribution in [-0.2, 0) is 6.18 Å². The Bertz CT molecular complexity index is 845. The van der Waals surface area contributed by atoms with Gasteiger partial charge in [-0.25, -0.2) is 0 Å². The van der Waals surface area contributed by atoms with E-state index in [1.54, 1.807) is 18.2 Å². The lowest BCUT2D eigenvalue weighted by Crippen LogP contribution is -2.29. The van der Waals surface area contributed by atoms with E-state index in [2.05, 4.69) is 10.6 Å². The van der Waals surface area contributed by atoms with Gasteiger partial charge in [0.15, 0.2) is 0 Å². The molecule has 2 N–H and O–H groups in total. The Morgan fingerprint density at radius 2 is 1.54 bits per heavy atom. The number of rotatable bonds is 5. The number of nitriles is 2. The lowest BCUT2D eigenvalue weighted by atomic mass is 10.1. The minimum absolute atomic E-state index is 0.105. The van der Waals surface area contributed by atoms with E-state index in [4.69, 9.17) is 10.5 Å². The fourth-order valence-corrected chi connectivity index (χ4v) is 2.21. The minimum atomic E-state index is -4.45. The smallest absolute Gasteiger partial charge is 0.381 e. The van der Waals surface area contributed by atoms with E-state index in [1.165, 1.54) is 0 Å². The molecule has 0 bridgehead atoms. The van der Waals surface area contributed by atoms with Crippen molar-refractivity contribution in [2.24, 2.45) is 0 Å². The number of benzene rings is 2. The van der Waals surface area contributed by atoms with E-state index in [9.17, 15) is 18.0 Å². The van der Waals surface area contributed by atoms with E-state index in [-0.39, 0.29) is 18.7 Å². The number of alkyl halides is 3. The number of carbonyl (C=O) groups excluding carboxylic acids is 1. The Morgan fingerprint density at radius 1 is 0.962 bits per heavy atom. The van der Waals surface area contributed by atoms with Crippen LogP contribution >= 0.6 is 0 Å². The minimum Gasteiger partial charge on any atom is -0.381 e. The maximum Gasteiger partial charge on any atom is 0.416 e. The Kier molecular flexibility index (Phi) is 5.82. The summed E-state index contributed by atoms with van der Waals surface area (Å²) in [7, 11) is 0. The average molecular weight is 358 g/mol. The zero-order valence-corrected chi connectivity index (χ0v) is 13.4. The van der Waals surface area contributed by atoms with Gasteiger partial charge < -0.3 is 10.6 Å². The van der Waals surface area contributed by atoms with Crippen LogP contribution in [0.3, 0.4) is 0 Å². The number of amides is 1. The number of halogens is 3. The highest BCUT2D eigenvalue weighted by atomic mass is 19.4. The van der Waals surface area contributed by atoms with Crippen LogP contribution in [0.4, 0.5) is 18.9 Å². The number of carbonyl (C=O) groups is 1. The molecular weight excluding hydrogens is 345 g/mol. The summed E-state index contributed by atoms with van der Waals surface area (Å²) < 4.78 is 37.5. The van der Waals surface area contributed by atoms with Crippen molar-refractivity contribution in [3.05, 3.63) is 64.7 Å². The monoisotopic (exact) mass is 358 g/mol. The number of nitrogens with one attached hydrogen (secondary N) is 2. The largest absolute Gasteiger partial charge is 0.416 e. The summed E-state index contributed by atoms with van der Waals surface area (Å²) in [5.74, 6) is -0.519. The Labute approximate surface area is 147 Å². The summed E-state index contributed by atoms with van der Waals surface area (Å²) >= 11 is 0. The molecule has 26 heavy (non-hydrogen) atoms. The van der Waals surface area contributed by atoms with Gasteiger partial charge >= 0.3 is 6.18 Å². The van der Waals surface area contributed by atoms with E-state index in [1.807, 2.05) is 12.1 Å². The van der Waals surface area contributed by atoms with Crippen molar-refractivity contribution in [3.8, 4) is 12.1 Å². The zero-order chi connectivity index (χ0) is 19.2. The third kappa shape index (κ3) is 4.52. The lowest BCUT2D eigenvalue weighted by Gasteiger charge is -2.11. The van der Waals surface area contributed by atoms with Crippen LogP contribution in [0.15, 0.2) is 42.5 Å². The van der Waals surface area contributed by atoms with Crippen molar-refractivity contribution in [2.45, 2.75) is 6.18 Å². The predicted molar refractivity (Wildman–Crippen MR) is 88.1 cm³/mol. The highest BCUT2D eigenvalue weighted by Gasteiger charge is 2.30. The summed E-state index contributed by atoms with van der Waals surface area (Å²) in [4.78, 5) is 11.9. The molecule has 2 aromatic carbocycles. The van der Waals surface area contributed by atoms with Crippen LogP contribution in [-0.4, -0.2) is 19.0 Å². The molecule has 132 valence electrons. The fraction of sp³-hybridized carbons (Fsp3) is 0.167. The summed E-state index contributed by atoms with van der Waals surface area (Å²) in [5.41, 5.74) is 0.263. The fourth-order valence-electron chi connectivity index (χ4n) is 2.21. The molecule has 0 spiro atoms. The summed E-state index contributed by atoms with van der Waals surface area (Å²) in [5, 5.41) is 23.6. The lowest BCUT2D eigenvalue weighted by molar-refractivity contribution is -0.137. The molecule has 0 fully saturated rings. The van der Waals surface area contributed by atoms with E-state index >= 15 is 0 Å². The van der Waals surface area contributed by atoms with Crippen LogP contribution < -0.4 is 10.6 Å². The molecule has 0 saturated heterocycles. The molecule has 0 saturated carbocycles. The molecular formula is C18H13F3N4O. The standard InChI is InChI=1S/C18H13F3N4O/c19-18(20,21)15-6-4-12(5-7-15)17(26)25-9-8-24-16-13(10-22)2-1-3-14(16)11-23/h1-7,24H,8-9H2,(H,25,26). The van der Waals surface area contributed by atoms with Gasteiger partial charge in [0, 0.05) is 18.7 Å². The van der Waals surface area contributed by atoms with E-state index in [0.717, 1.165) is 24.3 Å². The topological polar surface area (TPSA) is 88.7 Å². The third-order valence-corrected chi connectivity index (χ3v) is 3.49. The molecule has 0 aliphatic carbocycles. The van der Waals surface area contributed by atoms with Crippen molar-refractivity contribution in [1.82, 2.24) is 5.32 Å². The molecule has 2 rings (SSSR count). The van der Waals surface area contributed by atoms with Gasteiger partial charge in [-0.15, -0.1) is 0 Å². The molecule has 2 aromatic rings. The second kappa shape index (κ2) is 8.04. The van der Waals surface area contributed by atoms with Gasteiger partial charge in [0.05, 0.1) is 22.4 Å². The van der Waals surface area contributed by atoms with E-state index < -0.39 is 17.6 Å². The number of nitrogens with zero attached hydrogens (tertiary/aromatic N) is 2. The number of anilines is 1. The molecule has 5 nitrogen and oxygen atoms in total. The second-order valence-corrected chi connectivity index (χ2v) is 5.21. The van der Waals surface area contributed by atoms with Crippen LogP contribution in [0, 0.1) is 22.7 Å². The predicted octanol–water partition coefficient (Wildman–Crippen LogP) is 3.29.